The number of hydrogen-bond donors (Lipinski definition) is 0. The van der Waals surface area contributed by atoms with Crippen LogP contribution in [0.4, 0.5) is 0 Å². The molecule has 0 aliphatic carbocycles. The van der Waals surface area contributed by atoms with Crippen LogP contribution >= 0.6 is 0 Å². The van der Waals surface area contributed by atoms with Gasteiger partial charge < -0.3 is 0 Å². The number of fused-ring (bicyclic) bond motifs is 11. The summed E-state index contributed by atoms with van der Waals surface area (Å²) < 4.78 is 13.2. The van der Waals surface area contributed by atoms with Gasteiger partial charge in [-0.05, 0) is 0 Å². The van der Waals surface area contributed by atoms with Crippen LogP contribution in [-0.4, -0.2) is 30.9 Å². The van der Waals surface area contributed by atoms with Crippen LogP contribution in [0.5, 0.6) is 0 Å². The van der Waals surface area contributed by atoms with Gasteiger partial charge in [0.15, 0.2) is 0 Å². The summed E-state index contributed by atoms with van der Waals surface area (Å²) >= 11 is -2.37. The van der Waals surface area contributed by atoms with E-state index in [4.69, 9.17) is 4.42 Å². The Labute approximate surface area is 319 Å². The number of benzene rings is 9. The number of hydrogen-bond acceptors (Lipinski definition) is 1. The van der Waals surface area contributed by atoms with Gasteiger partial charge in [-0.2, -0.15) is 0 Å². The molecule has 9 aromatic carbocycles. The van der Waals surface area contributed by atoms with Gasteiger partial charge in [0.2, 0.25) is 0 Å². The standard InChI is InChI=1S/C50H32Ge2O/c1-4-25-44-31(12-1)38-21-9-19-36(48(38)51-44)29-15-7-17-34-42(29)28-43-30(37-20-10-22-39-32-13-2-5-26-45(32)52-49(37)39)16-8-18-35(43)47(34)41-24-11-23-40-33-14-3-6-27-46(33)53-50(40)41/h1-28H,51-52H2. The molecule has 2 aliphatic rings. The van der Waals surface area contributed by atoms with Crippen molar-refractivity contribution in [2.75, 3.05) is 0 Å². The summed E-state index contributed by atoms with van der Waals surface area (Å²) in [7, 11) is 0. The fourth-order valence-corrected chi connectivity index (χ4v) is 18.6. The molecule has 0 N–H and O–H groups in total. The Hall–Kier alpha value is -5.61. The van der Waals surface area contributed by atoms with Crippen molar-refractivity contribution in [3.63, 3.8) is 0 Å². The van der Waals surface area contributed by atoms with E-state index < -0.39 is 30.9 Å². The molecule has 3 heterocycles. The molecule has 0 saturated heterocycles. The zero-order valence-corrected chi connectivity index (χ0v) is 34.9. The molecule has 3 heteroatoms. The van der Waals surface area contributed by atoms with Gasteiger partial charge in [0.25, 0.3) is 0 Å². The van der Waals surface area contributed by atoms with Crippen LogP contribution in [0.25, 0.3) is 99.1 Å². The predicted molar refractivity (Wildman–Crippen MR) is 232 cm³/mol. The quantitative estimate of drug-likeness (QED) is 0.129. The van der Waals surface area contributed by atoms with Crippen molar-refractivity contribution < 1.29 is 4.42 Å². The summed E-state index contributed by atoms with van der Waals surface area (Å²) in [5.74, 6) is 0. The van der Waals surface area contributed by atoms with Crippen molar-refractivity contribution in [3.05, 3.63) is 170 Å². The molecule has 0 saturated carbocycles. The van der Waals surface area contributed by atoms with Gasteiger partial charge in [-0.3, -0.25) is 0 Å². The third-order valence-corrected chi connectivity index (χ3v) is 20.9. The summed E-state index contributed by atoms with van der Waals surface area (Å²) in [6.07, 6.45) is 0. The van der Waals surface area contributed by atoms with E-state index in [1.54, 1.807) is 17.6 Å². The molecule has 0 spiro atoms. The Morgan fingerprint density at radius 1 is 0.302 bits per heavy atom. The van der Waals surface area contributed by atoms with E-state index >= 15 is 0 Å². The second-order valence-electron chi connectivity index (χ2n) is 14.7. The first-order chi connectivity index (χ1) is 26.3. The zero-order valence-electron chi connectivity index (χ0n) is 29.0. The molecule has 53 heavy (non-hydrogen) atoms. The first kappa shape index (κ1) is 29.9. The van der Waals surface area contributed by atoms with Crippen LogP contribution in [0, 0.1) is 0 Å². The second-order valence-corrected chi connectivity index (χ2v) is 22.3. The van der Waals surface area contributed by atoms with Gasteiger partial charge in [0, 0.05) is 0 Å². The fraction of sp³-hybridized carbons (Fsp3) is 0. The molecule has 0 unspecified atom stereocenters. The Kier molecular flexibility index (Phi) is 6.46. The summed E-state index contributed by atoms with van der Waals surface area (Å²) in [5, 5.41) is 7.47. The molecule has 0 bridgehead atoms. The number of furan rings is 1. The first-order valence-corrected chi connectivity index (χ1v) is 24.5. The SMILES string of the molecule is c1ccc2[c](c1)[GeH2][c]1c-2cccc1-c1cccc2c(-c3cccc4c3oc3ccccc34)c3cccc(-c4cccc5[c]4[GeH2][c]4ccccc4-5)c3cc12. The molecule has 10 aromatic rings. The van der Waals surface area contributed by atoms with E-state index in [9.17, 15) is 0 Å². The summed E-state index contributed by atoms with van der Waals surface area (Å²) in [6.45, 7) is 0. The van der Waals surface area contributed by atoms with Gasteiger partial charge in [-0.1, -0.05) is 0 Å². The van der Waals surface area contributed by atoms with E-state index in [0.29, 0.717) is 0 Å². The number of rotatable bonds is 3. The first-order valence-electron chi connectivity index (χ1n) is 18.6. The normalized spacial score (nSPS) is 13.7. The fourth-order valence-electron chi connectivity index (χ4n) is 9.69. The average Bonchev–Trinajstić information content (AvgIpc) is 3.91. The van der Waals surface area contributed by atoms with E-state index in [1.807, 2.05) is 0 Å². The summed E-state index contributed by atoms with van der Waals surface area (Å²) in [5.41, 5.74) is 15.5. The molecule has 0 fully saturated rings. The van der Waals surface area contributed by atoms with Crippen LogP contribution in [0.3, 0.4) is 0 Å². The zero-order chi connectivity index (χ0) is 34.6. The summed E-state index contributed by atoms with van der Waals surface area (Å²) in [6, 6.07) is 63.9. The Morgan fingerprint density at radius 2 is 0.717 bits per heavy atom. The molecule has 1 nitrogen and oxygen atoms in total. The molecule has 12 rings (SSSR count). The minimum atomic E-state index is -1.19. The monoisotopic (exact) mass is 796 g/mol. The predicted octanol–water partition coefficient (Wildman–Crippen LogP) is 9.09. The maximum atomic E-state index is 6.77. The average molecular weight is 794 g/mol. The van der Waals surface area contributed by atoms with Crippen molar-refractivity contribution in [2.45, 2.75) is 0 Å². The maximum absolute atomic E-state index is 6.77. The molecule has 2 aliphatic heterocycles. The van der Waals surface area contributed by atoms with Crippen molar-refractivity contribution >= 4 is 91.9 Å². The van der Waals surface area contributed by atoms with Gasteiger partial charge in [0.1, 0.15) is 0 Å². The van der Waals surface area contributed by atoms with Gasteiger partial charge in [-0.25, -0.2) is 0 Å². The van der Waals surface area contributed by atoms with Crippen LogP contribution in [0.2, 0.25) is 0 Å². The second kappa shape index (κ2) is 11.4. The van der Waals surface area contributed by atoms with Crippen LogP contribution in [0.15, 0.2) is 174 Å². The molecular formula is C50H32Ge2O. The number of para-hydroxylation sites is 2. The van der Waals surface area contributed by atoms with E-state index in [2.05, 4.69) is 170 Å². The van der Waals surface area contributed by atoms with Gasteiger partial charge in [0.05, 0.1) is 0 Å². The third-order valence-electron chi connectivity index (χ3n) is 12.0. The topological polar surface area (TPSA) is 13.1 Å². The molecule has 0 atom stereocenters. The Bertz CT molecular complexity index is 3030. The molecule has 246 valence electrons. The van der Waals surface area contributed by atoms with Crippen LogP contribution in [0.1, 0.15) is 0 Å². The van der Waals surface area contributed by atoms with E-state index in [0.717, 1.165) is 27.5 Å². The Morgan fingerprint density at radius 3 is 1.32 bits per heavy atom. The van der Waals surface area contributed by atoms with Gasteiger partial charge in [-0.15, -0.1) is 0 Å². The van der Waals surface area contributed by atoms with Crippen molar-refractivity contribution in [2.24, 2.45) is 0 Å². The third kappa shape index (κ3) is 4.32. The molecular weight excluding hydrogens is 762 g/mol. The van der Waals surface area contributed by atoms with E-state index in [1.165, 1.54) is 71.6 Å². The van der Waals surface area contributed by atoms with E-state index in [-0.39, 0.29) is 0 Å². The molecule has 1 aromatic heterocycles. The van der Waals surface area contributed by atoms with Crippen molar-refractivity contribution in [1.29, 1.82) is 0 Å². The van der Waals surface area contributed by atoms with Crippen LogP contribution < -0.4 is 17.6 Å². The van der Waals surface area contributed by atoms with Gasteiger partial charge >= 0.3 is 322 Å². The molecule has 0 radical (unpaired) electrons. The Balaban J connectivity index is 1.20. The van der Waals surface area contributed by atoms with Crippen molar-refractivity contribution in [1.82, 2.24) is 0 Å². The minimum absolute atomic E-state index is 0.929. The summed E-state index contributed by atoms with van der Waals surface area (Å²) in [4.78, 5) is 0. The van der Waals surface area contributed by atoms with Crippen LogP contribution in [-0.2, 0) is 0 Å². The van der Waals surface area contributed by atoms with Crippen molar-refractivity contribution in [3.8, 4) is 55.6 Å². The molecule has 0 amide bonds.